The summed E-state index contributed by atoms with van der Waals surface area (Å²) in [6, 6.07) is -0.0793. The first kappa shape index (κ1) is 28.5. The van der Waals surface area contributed by atoms with Crippen LogP contribution in [0.1, 0.15) is 60.3 Å². The number of rotatable bonds is 9. The number of esters is 1. The molecule has 0 radical (unpaired) electrons. The minimum absolute atomic E-state index is 0.0625. The molecule has 0 aromatic rings. The highest BCUT2D eigenvalue weighted by Gasteiger charge is 2.61. The lowest BCUT2D eigenvalue weighted by Gasteiger charge is -2.42. The molecule has 3 aliphatic heterocycles. The van der Waals surface area contributed by atoms with Crippen LogP contribution in [-0.2, 0) is 33.3 Å². The van der Waals surface area contributed by atoms with Crippen LogP contribution >= 0.6 is 0 Å². The Bertz CT molecular complexity index is 879. The number of methoxy groups -OCH3 is 1. The second-order valence-electron chi connectivity index (χ2n) is 10.3. The Kier molecular flexibility index (Phi) is 9.51. The number of nitrogens with one attached hydrogen (secondary N) is 1. The van der Waals surface area contributed by atoms with Gasteiger partial charge in [0.05, 0.1) is 24.9 Å². The molecule has 3 rings (SSSR count). The van der Waals surface area contributed by atoms with E-state index in [4.69, 9.17) is 23.7 Å². The quantitative estimate of drug-likeness (QED) is 0.212. The summed E-state index contributed by atoms with van der Waals surface area (Å²) in [5, 5.41) is 13.7. The first-order valence-corrected chi connectivity index (χ1v) is 12.7. The van der Waals surface area contributed by atoms with Gasteiger partial charge in [-0.05, 0) is 53.0 Å². The van der Waals surface area contributed by atoms with E-state index in [0.717, 1.165) is 24.8 Å². The van der Waals surface area contributed by atoms with Gasteiger partial charge in [-0.15, -0.1) is 0 Å². The highest BCUT2D eigenvalue weighted by molar-refractivity contribution is 5.87. The Morgan fingerprint density at radius 3 is 2.58 bits per heavy atom. The second kappa shape index (κ2) is 12.0. The standard InChI is InChI=1S/C27H41NO8/c1-17(8-13-23-25(31)27(16-33-27)15-26(5,32-6)36-23)7-10-21-11-12-22(19(3)35-21)28-24(30)14-9-18(2)34-20(4)29/h7-9,13-14,18-19,21-23,25,31H,10-12,15-16H2,1-6H3,(H,28,30)/b13-8+,14-9-,17-7+/t18-,19+,21-,22+,23?,25+,26+,27+/m0/s1. The predicted molar refractivity (Wildman–Crippen MR) is 133 cm³/mol. The van der Waals surface area contributed by atoms with E-state index in [1.165, 1.54) is 13.0 Å². The molecule has 3 aliphatic rings. The van der Waals surface area contributed by atoms with Crippen molar-refractivity contribution in [2.45, 2.75) is 108 Å². The summed E-state index contributed by atoms with van der Waals surface area (Å²) in [5.74, 6) is -1.41. The van der Waals surface area contributed by atoms with Crippen molar-refractivity contribution in [3.63, 3.8) is 0 Å². The number of carbonyl (C=O) groups excluding carboxylic acids is 2. The van der Waals surface area contributed by atoms with E-state index in [1.54, 1.807) is 20.1 Å². The van der Waals surface area contributed by atoms with E-state index < -0.39 is 29.7 Å². The lowest BCUT2D eigenvalue weighted by atomic mass is 9.87. The van der Waals surface area contributed by atoms with Crippen LogP contribution in [0.3, 0.4) is 0 Å². The van der Waals surface area contributed by atoms with Crippen molar-refractivity contribution in [1.29, 1.82) is 0 Å². The fourth-order valence-electron chi connectivity index (χ4n) is 4.79. The van der Waals surface area contributed by atoms with Gasteiger partial charge in [-0.25, -0.2) is 0 Å². The first-order valence-electron chi connectivity index (χ1n) is 12.7. The number of epoxide rings is 1. The van der Waals surface area contributed by atoms with Crippen molar-refractivity contribution in [3.8, 4) is 0 Å². The first-order chi connectivity index (χ1) is 16.9. The van der Waals surface area contributed by atoms with Crippen molar-refractivity contribution < 1.29 is 38.4 Å². The zero-order valence-electron chi connectivity index (χ0n) is 22.2. The van der Waals surface area contributed by atoms with Crippen LogP contribution in [0, 0.1) is 0 Å². The maximum atomic E-state index is 12.2. The molecular weight excluding hydrogens is 466 g/mol. The Morgan fingerprint density at radius 1 is 1.25 bits per heavy atom. The van der Waals surface area contributed by atoms with Crippen LogP contribution in [0.25, 0.3) is 0 Å². The molecule has 2 N–H and O–H groups in total. The van der Waals surface area contributed by atoms with Crippen LogP contribution in [0.5, 0.6) is 0 Å². The van der Waals surface area contributed by atoms with Crippen LogP contribution < -0.4 is 5.32 Å². The average Bonchev–Trinajstić information content (AvgIpc) is 3.58. The highest BCUT2D eigenvalue weighted by Crippen LogP contribution is 2.46. The van der Waals surface area contributed by atoms with Gasteiger partial charge >= 0.3 is 5.97 Å². The summed E-state index contributed by atoms with van der Waals surface area (Å²) in [5.41, 5.74) is 0.462. The minimum atomic E-state index is -0.795. The number of allylic oxidation sites excluding steroid dienone is 2. The smallest absolute Gasteiger partial charge is 0.303 e. The van der Waals surface area contributed by atoms with Crippen molar-refractivity contribution in [3.05, 3.63) is 36.0 Å². The van der Waals surface area contributed by atoms with Crippen LogP contribution in [0.4, 0.5) is 0 Å². The van der Waals surface area contributed by atoms with Gasteiger partial charge in [0, 0.05) is 26.5 Å². The molecule has 1 unspecified atom stereocenters. The summed E-state index contributed by atoms with van der Waals surface area (Å²) in [6.45, 7) is 9.37. The van der Waals surface area contributed by atoms with Gasteiger partial charge in [0.25, 0.3) is 0 Å². The zero-order chi connectivity index (χ0) is 26.5. The molecule has 36 heavy (non-hydrogen) atoms. The van der Waals surface area contributed by atoms with E-state index >= 15 is 0 Å². The monoisotopic (exact) mass is 507 g/mol. The molecule has 0 aromatic carbocycles. The summed E-state index contributed by atoms with van der Waals surface area (Å²) in [7, 11) is 1.60. The maximum absolute atomic E-state index is 12.2. The molecule has 9 nitrogen and oxygen atoms in total. The third-order valence-corrected chi connectivity index (χ3v) is 7.03. The number of hydrogen-bond donors (Lipinski definition) is 2. The molecule has 3 saturated heterocycles. The third-order valence-electron chi connectivity index (χ3n) is 7.03. The lowest BCUT2D eigenvalue weighted by molar-refractivity contribution is -0.284. The highest BCUT2D eigenvalue weighted by atomic mass is 16.7. The van der Waals surface area contributed by atoms with Crippen LogP contribution in [-0.4, -0.2) is 78.6 Å². The van der Waals surface area contributed by atoms with Gasteiger partial charge < -0.3 is 34.1 Å². The lowest BCUT2D eigenvalue weighted by Crippen LogP contribution is -2.55. The molecule has 3 fully saturated rings. The maximum Gasteiger partial charge on any atom is 0.303 e. The molecule has 1 spiro atoms. The van der Waals surface area contributed by atoms with Crippen molar-refractivity contribution in [2.75, 3.05) is 13.7 Å². The topological polar surface area (TPSA) is 116 Å². The molecule has 1 amide bonds. The Hall–Kier alpha value is -2.04. The zero-order valence-corrected chi connectivity index (χ0v) is 22.2. The van der Waals surface area contributed by atoms with Crippen molar-refractivity contribution >= 4 is 11.9 Å². The number of aliphatic hydroxyl groups excluding tert-OH is 1. The third kappa shape index (κ3) is 7.73. The number of amides is 1. The Morgan fingerprint density at radius 2 is 1.97 bits per heavy atom. The van der Waals surface area contributed by atoms with Crippen molar-refractivity contribution in [2.24, 2.45) is 0 Å². The number of ether oxygens (including phenoxy) is 5. The molecule has 0 bridgehead atoms. The number of aliphatic hydroxyl groups is 1. The normalized spacial score (nSPS) is 37.9. The van der Waals surface area contributed by atoms with Gasteiger partial charge in [0.15, 0.2) is 5.79 Å². The van der Waals surface area contributed by atoms with Crippen molar-refractivity contribution in [1.82, 2.24) is 5.32 Å². The molecule has 0 aromatic heterocycles. The Labute approximate surface area is 213 Å². The minimum Gasteiger partial charge on any atom is -0.459 e. The summed E-state index contributed by atoms with van der Waals surface area (Å²) in [4.78, 5) is 23.2. The average molecular weight is 508 g/mol. The van der Waals surface area contributed by atoms with Gasteiger partial charge in [0.2, 0.25) is 5.91 Å². The van der Waals surface area contributed by atoms with E-state index in [1.807, 2.05) is 32.9 Å². The predicted octanol–water partition coefficient (Wildman–Crippen LogP) is 2.72. The van der Waals surface area contributed by atoms with E-state index in [0.29, 0.717) is 13.0 Å². The van der Waals surface area contributed by atoms with Gasteiger partial charge in [-0.1, -0.05) is 23.8 Å². The van der Waals surface area contributed by atoms with Gasteiger partial charge in [-0.3, -0.25) is 9.59 Å². The van der Waals surface area contributed by atoms with Gasteiger partial charge in [0.1, 0.15) is 23.9 Å². The summed E-state index contributed by atoms with van der Waals surface area (Å²) in [6.07, 6.45) is 9.99. The fraction of sp³-hybridized carbons (Fsp3) is 0.704. The molecule has 202 valence electrons. The molecule has 3 heterocycles. The van der Waals surface area contributed by atoms with Crippen LogP contribution in [0.15, 0.2) is 36.0 Å². The van der Waals surface area contributed by atoms with Gasteiger partial charge in [-0.2, -0.15) is 0 Å². The molecule has 9 heteroatoms. The largest absolute Gasteiger partial charge is 0.459 e. The molecule has 8 atom stereocenters. The number of carbonyl (C=O) groups is 2. The Balaban J connectivity index is 1.45. The van der Waals surface area contributed by atoms with E-state index in [2.05, 4.69) is 11.4 Å². The summed E-state index contributed by atoms with van der Waals surface area (Å²) >= 11 is 0. The van der Waals surface area contributed by atoms with Crippen LogP contribution in [0.2, 0.25) is 0 Å². The molecule has 0 saturated carbocycles. The molecular formula is C27H41NO8. The molecule has 0 aliphatic carbocycles. The summed E-state index contributed by atoms with van der Waals surface area (Å²) < 4.78 is 28.2. The fourth-order valence-corrected chi connectivity index (χ4v) is 4.79. The number of hydrogen-bond acceptors (Lipinski definition) is 8. The second-order valence-corrected chi connectivity index (χ2v) is 10.3. The van der Waals surface area contributed by atoms with E-state index in [-0.39, 0.29) is 30.1 Å². The SMILES string of the molecule is CO[C@@]1(C)C[C@@]2(CO2)[C@H](O)C(/C=C/C(C)=C/C[C@H]2CC[C@@H](NC(=O)/C=C\[C@H](C)OC(C)=O)[C@@H](C)O2)O1. The van der Waals surface area contributed by atoms with E-state index in [9.17, 15) is 14.7 Å².